The average Bonchev–Trinajstić information content (AvgIpc) is 3.10. The maximum absolute atomic E-state index is 5.70. The van der Waals surface area contributed by atoms with Crippen molar-refractivity contribution in [2.45, 2.75) is 16.7 Å². The Morgan fingerprint density at radius 1 is 1.00 bits per heavy atom. The van der Waals surface area contributed by atoms with E-state index in [9.17, 15) is 0 Å². The number of aromatic nitrogens is 1. The molecule has 3 aromatic rings. The smallest absolute Gasteiger partial charge is 0.127 e. The van der Waals surface area contributed by atoms with E-state index in [4.69, 9.17) is 9.47 Å². The van der Waals surface area contributed by atoms with Crippen molar-refractivity contribution in [1.82, 2.24) is 9.47 Å². The van der Waals surface area contributed by atoms with Crippen LogP contribution in [0, 0.1) is 0 Å². The zero-order chi connectivity index (χ0) is 19.0. The molecule has 0 aliphatic carbocycles. The highest BCUT2D eigenvalue weighted by Crippen LogP contribution is 2.50. The summed E-state index contributed by atoms with van der Waals surface area (Å²) in [5.74, 6) is 1.66. The lowest BCUT2D eigenvalue weighted by molar-refractivity contribution is 0.390. The standard InChI is InChI=1S/C22H24N2O2S/c1-23(2)14-15-9-12-19-22(17-11-10-16(25-3)13-20(17)26-4)27-21-8-6-5-7-18(21)24(15)19/h5-13,22H,14H2,1-4H3/t22-/m0/s1. The lowest BCUT2D eigenvalue weighted by atomic mass is 10.1. The van der Waals surface area contributed by atoms with Gasteiger partial charge in [-0.25, -0.2) is 0 Å². The molecule has 1 aliphatic heterocycles. The van der Waals surface area contributed by atoms with E-state index < -0.39 is 0 Å². The molecule has 4 rings (SSSR count). The van der Waals surface area contributed by atoms with Crippen LogP contribution >= 0.6 is 11.8 Å². The van der Waals surface area contributed by atoms with Gasteiger partial charge in [-0.2, -0.15) is 0 Å². The lowest BCUT2D eigenvalue weighted by Gasteiger charge is -2.29. The minimum absolute atomic E-state index is 0.164. The molecule has 27 heavy (non-hydrogen) atoms. The largest absolute Gasteiger partial charge is 0.497 e. The predicted molar refractivity (Wildman–Crippen MR) is 110 cm³/mol. The minimum atomic E-state index is 0.164. The molecule has 0 unspecified atom stereocenters. The van der Waals surface area contributed by atoms with Crippen LogP contribution in [-0.4, -0.2) is 37.8 Å². The molecule has 0 N–H and O–H groups in total. The van der Waals surface area contributed by atoms with Crippen molar-refractivity contribution in [3.8, 4) is 17.2 Å². The van der Waals surface area contributed by atoms with Crippen LogP contribution < -0.4 is 9.47 Å². The number of ether oxygens (including phenoxy) is 2. The summed E-state index contributed by atoms with van der Waals surface area (Å²) in [6.45, 7) is 0.894. The fraction of sp³-hybridized carbons (Fsp3) is 0.273. The minimum Gasteiger partial charge on any atom is -0.497 e. The van der Waals surface area contributed by atoms with Crippen LogP contribution in [0.5, 0.6) is 11.5 Å². The van der Waals surface area contributed by atoms with Crippen LogP contribution in [0.15, 0.2) is 59.5 Å². The normalized spacial score (nSPS) is 15.4. The number of fused-ring (bicyclic) bond motifs is 3. The lowest BCUT2D eigenvalue weighted by Crippen LogP contribution is -2.18. The first kappa shape index (κ1) is 18.0. The first-order valence-corrected chi connectivity index (χ1v) is 9.83. The van der Waals surface area contributed by atoms with Crippen LogP contribution in [0.1, 0.15) is 22.2 Å². The van der Waals surface area contributed by atoms with E-state index in [1.165, 1.54) is 22.0 Å². The molecule has 0 radical (unpaired) electrons. The van der Waals surface area contributed by atoms with E-state index in [0.29, 0.717) is 0 Å². The molecule has 4 nitrogen and oxygen atoms in total. The van der Waals surface area contributed by atoms with E-state index in [2.05, 4.69) is 66.0 Å². The van der Waals surface area contributed by atoms with E-state index in [0.717, 1.165) is 23.6 Å². The summed E-state index contributed by atoms with van der Waals surface area (Å²) < 4.78 is 13.5. The van der Waals surface area contributed by atoms with Crippen LogP contribution in [-0.2, 0) is 6.54 Å². The number of hydrogen-bond donors (Lipinski definition) is 0. The second-order valence-corrected chi connectivity index (χ2v) is 8.04. The van der Waals surface area contributed by atoms with E-state index in [-0.39, 0.29) is 5.25 Å². The number of hydrogen-bond acceptors (Lipinski definition) is 4. The van der Waals surface area contributed by atoms with Gasteiger partial charge in [0.15, 0.2) is 0 Å². The maximum atomic E-state index is 5.70. The van der Waals surface area contributed by atoms with Crippen molar-refractivity contribution in [3.05, 3.63) is 71.5 Å². The summed E-state index contributed by atoms with van der Waals surface area (Å²) in [6, 6.07) is 19.2. The number of methoxy groups -OCH3 is 2. The summed E-state index contributed by atoms with van der Waals surface area (Å²) in [7, 11) is 7.61. The Kier molecular flexibility index (Phi) is 4.89. The molecule has 1 aromatic heterocycles. The summed E-state index contributed by atoms with van der Waals surface area (Å²) in [6.07, 6.45) is 0. The summed E-state index contributed by atoms with van der Waals surface area (Å²) in [5.41, 5.74) is 4.98. The fourth-order valence-electron chi connectivity index (χ4n) is 3.63. The van der Waals surface area contributed by atoms with Gasteiger partial charge in [0, 0.05) is 34.5 Å². The Morgan fingerprint density at radius 2 is 1.81 bits per heavy atom. The molecular weight excluding hydrogens is 356 g/mol. The van der Waals surface area contributed by atoms with Gasteiger partial charge in [0.1, 0.15) is 11.5 Å². The van der Waals surface area contributed by atoms with Crippen LogP contribution in [0.25, 0.3) is 5.69 Å². The van der Waals surface area contributed by atoms with Crippen molar-refractivity contribution < 1.29 is 9.47 Å². The first-order chi connectivity index (χ1) is 13.1. The number of nitrogens with zero attached hydrogens (tertiary/aromatic N) is 2. The van der Waals surface area contributed by atoms with Crippen LogP contribution in [0.4, 0.5) is 0 Å². The molecular formula is C22H24N2O2S. The van der Waals surface area contributed by atoms with Gasteiger partial charge in [-0.15, -0.1) is 11.8 Å². The van der Waals surface area contributed by atoms with Crippen molar-refractivity contribution in [2.75, 3.05) is 28.3 Å². The predicted octanol–water partition coefficient (Wildman–Crippen LogP) is 4.75. The highest BCUT2D eigenvalue weighted by atomic mass is 32.2. The summed E-state index contributed by atoms with van der Waals surface area (Å²) >= 11 is 1.87. The van der Waals surface area contributed by atoms with Crippen molar-refractivity contribution in [2.24, 2.45) is 0 Å². The van der Waals surface area contributed by atoms with Gasteiger partial charge in [-0.3, -0.25) is 0 Å². The van der Waals surface area contributed by atoms with E-state index in [1.54, 1.807) is 14.2 Å². The molecule has 0 amide bonds. The first-order valence-electron chi connectivity index (χ1n) is 8.95. The molecule has 0 bridgehead atoms. The fourth-order valence-corrected chi connectivity index (χ4v) is 4.95. The molecule has 0 spiro atoms. The topological polar surface area (TPSA) is 26.6 Å². The third-order valence-electron chi connectivity index (χ3n) is 4.81. The van der Waals surface area contributed by atoms with Crippen molar-refractivity contribution >= 4 is 11.8 Å². The van der Waals surface area contributed by atoms with Crippen molar-refractivity contribution in [3.63, 3.8) is 0 Å². The third-order valence-corrected chi connectivity index (χ3v) is 6.14. The van der Waals surface area contributed by atoms with Gasteiger partial charge in [-0.1, -0.05) is 18.2 Å². The summed E-state index contributed by atoms with van der Waals surface area (Å²) in [5, 5.41) is 0.164. The van der Waals surface area contributed by atoms with Gasteiger partial charge in [-0.05, 0) is 44.4 Å². The van der Waals surface area contributed by atoms with Gasteiger partial charge in [0.25, 0.3) is 0 Å². The molecule has 0 saturated carbocycles. The Hall–Kier alpha value is -2.37. The Bertz CT molecular complexity index is 965. The zero-order valence-electron chi connectivity index (χ0n) is 16.1. The Morgan fingerprint density at radius 3 is 2.56 bits per heavy atom. The monoisotopic (exact) mass is 380 g/mol. The molecule has 0 saturated heterocycles. The maximum Gasteiger partial charge on any atom is 0.127 e. The van der Waals surface area contributed by atoms with Gasteiger partial charge >= 0.3 is 0 Å². The number of benzene rings is 2. The van der Waals surface area contributed by atoms with E-state index >= 15 is 0 Å². The average molecular weight is 381 g/mol. The second-order valence-electron chi connectivity index (χ2n) is 6.90. The molecule has 2 heterocycles. The molecule has 2 aromatic carbocycles. The van der Waals surface area contributed by atoms with E-state index in [1.807, 2.05) is 23.9 Å². The second kappa shape index (κ2) is 7.33. The van der Waals surface area contributed by atoms with Crippen LogP contribution in [0.2, 0.25) is 0 Å². The zero-order valence-corrected chi connectivity index (χ0v) is 16.9. The highest BCUT2D eigenvalue weighted by molar-refractivity contribution is 8.00. The number of thioether (sulfide) groups is 1. The third kappa shape index (κ3) is 3.22. The van der Waals surface area contributed by atoms with Gasteiger partial charge < -0.3 is 18.9 Å². The molecule has 1 aliphatic rings. The molecule has 5 heteroatoms. The number of rotatable bonds is 5. The van der Waals surface area contributed by atoms with Gasteiger partial charge in [0.2, 0.25) is 0 Å². The molecule has 140 valence electrons. The molecule has 1 atom stereocenters. The van der Waals surface area contributed by atoms with Crippen molar-refractivity contribution in [1.29, 1.82) is 0 Å². The van der Waals surface area contributed by atoms with Crippen LogP contribution in [0.3, 0.4) is 0 Å². The molecule has 0 fully saturated rings. The summed E-state index contributed by atoms with van der Waals surface area (Å²) in [4.78, 5) is 3.49. The quantitative estimate of drug-likeness (QED) is 0.638. The Labute approximate surface area is 164 Å². The van der Waals surface area contributed by atoms with Gasteiger partial charge in [0.05, 0.1) is 25.2 Å². The highest BCUT2D eigenvalue weighted by Gasteiger charge is 2.30. The SMILES string of the molecule is COc1ccc([C@@H]2Sc3ccccc3-n3c(CN(C)C)ccc32)c(OC)c1. The Balaban J connectivity index is 1.88. The number of para-hydroxylation sites is 1.